The summed E-state index contributed by atoms with van der Waals surface area (Å²) in [6.07, 6.45) is 2.64. The number of hydrogen-bond donors (Lipinski definition) is 0. The van der Waals surface area contributed by atoms with E-state index in [1.165, 1.54) is 11.8 Å². The van der Waals surface area contributed by atoms with Crippen LogP contribution in [0, 0.1) is 0 Å². The van der Waals surface area contributed by atoms with Gasteiger partial charge in [0.05, 0.1) is 12.0 Å². The molecule has 3 rings (SSSR count). The van der Waals surface area contributed by atoms with Crippen molar-refractivity contribution in [3.05, 3.63) is 69.0 Å². The van der Waals surface area contributed by atoms with E-state index in [-0.39, 0.29) is 5.91 Å². The number of rotatable bonds is 5. The van der Waals surface area contributed by atoms with Crippen LogP contribution in [0.4, 0.5) is 0 Å². The summed E-state index contributed by atoms with van der Waals surface area (Å²) in [5.74, 6) is 0.804. The van der Waals surface area contributed by atoms with Crippen molar-refractivity contribution < 1.29 is 9.53 Å². The van der Waals surface area contributed by atoms with E-state index < -0.39 is 0 Å². The summed E-state index contributed by atoms with van der Waals surface area (Å²) in [6.45, 7) is 0.578. The van der Waals surface area contributed by atoms with Gasteiger partial charge in [0, 0.05) is 11.0 Å². The van der Waals surface area contributed by atoms with Crippen molar-refractivity contribution in [1.82, 2.24) is 4.90 Å². The Hall–Kier alpha value is -1.63. The van der Waals surface area contributed by atoms with Gasteiger partial charge in [0.1, 0.15) is 10.1 Å². The first kappa shape index (κ1) is 18.2. The summed E-state index contributed by atoms with van der Waals surface area (Å²) in [7, 11) is 1.65. The average molecular weight is 434 g/mol. The van der Waals surface area contributed by atoms with Crippen molar-refractivity contribution in [2.24, 2.45) is 0 Å². The zero-order valence-corrected chi connectivity index (χ0v) is 16.8. The second-order valence-corrected chi connectivity index (χ2v) is 8.07. The molecule has 0 spiro atoms. The second-order valence-electron chi connectivity index (χ2n) is 5.48. The minimum Gasteiger partial charge on any atom is -0.497 e. The zero-order chi connectivity index (χ0) is 17.8. The molecule has 25 heavy (non-hydrogen) atoms. The fourth-order valence-corrected chi connectivity index (χ4v) is 4.01. The normalized spacial score (nSPS) is 15.9. The molecule has 1 aliphatic rings. The highest BCUT2D eigenvalue weighted by Gasteiger charge is 2.31. The lowest BCUT2D eigenvalue weighted by Crippen LogP contribution is -2.30. The molecule has 128 valence electrons. The van der Waals surface area contributed by atoms with Gasteiger partial charge in [-0.2, -0.15) is 0 Å². The number of thioether (sulfide) groups is 1. The van der Waals surface area contributed by atoms with E-state index in [0.29, 0.717) is 15.8 Å². The predicted octanol–water partition coefficient (Wildman–Crippen LogP) is 4.90. The maximum atomic E-state index is 12.6. The zero-order valence-electron chi connectivity index (χ0n) is 13.6. The molecule has 1 fully saturated rings. The Morgan fingerprint density at radius 3 is 2.48 bits per heavy atom. The van der Waals surface area contributed by atoms with Crippen LogP contribution in [-0.2, 0) is 11.2 Å². The molecule has 3 nitrogen and oxygen atoms in total. The van der Waals surface area contributed by atoms with Gasteiger partial charge < -0.3 is 4.74 Å². The number of halogens is 1. The molecule has 1 aliphatic heterocycles. The van der Waals surface area contributed by atoms with Gasteiger partial charge in [0.15, 0.2) is 0 Å². The highest BCUT2D eigenvalue weighted by atomic mass is 79.9. The van der Waals surface area contributed by atoms with Crippen molar-refractivity contribution in [2.45, 2.75) is 6.42 Å². The molecule has 0 atom stereocenters. The van der Waals surface area contributed by atoms with Gasteiger partial charge in [-0.15, -0.1) is 0 Å². The Morgan fingerprint density at radius 1 is 1.16 bits per heavy atom. The smallest absolute Gasteiger partial charge is 0.266 e. The Labute approximate surface area is 165 Å². The van der Waals surface area contributed by atoms with E-state index in [1.807, 2.05) is 54.6 Å². The van der Waals surface area contributed by atoms with Crippen LogP contribution >= 0.6 is 39.9 Å². The summed E-state index contributed by atoms with van der Waals surface area (Å²) in [5.41, 5.74) is 2.13. The van der Waals surface area contributed by atoms with Crippen LogP contribution in [0.3, 0.4) is 0 Å². The van der Waals surface area contributed by atoms with E-state index in [9.17, 15) is 4.79 Å². The fourth-order valence-electron chi connectivity index (χ4n) is 2.44. The quantitative estimate of drug-likeness (QED) is 0.495. The molecule has 0 radical (unpaired) electrons. The van der Waals surface area contributed by atoms with Crippen molar-refractivity contribution in [3.8, 4) is 5.75 Å². The van der Waals surface area contributed by atoms with E-state index in [4.69, 9.17) is 17.0 Å². The number of nitrogens with zero attached hydrogens (tertiary/aromatic N) is 1. The first-order chi connectivity index (χ1) is 12.1. The van der Waals surface area contributed by atoms with Crippen LogP contribution < -0.4 is 4.74 Å². The van der Waals surface area contributed by atoms with Gasteiger partial charge in [-0.1, -0.05) is 64.2 Å². The molecule has 0 bridgehead atoms. The Morgan fingerprint density at radius 2 is 1.84 bits per heavy atom. The third-order valence-corrected chi connectivity index (χ3v) is 5.73. The van der Waals surface area contributed by atoms with Crippen molar-refractivity contribution in [1.29, 1.82) is 0 Å². The van der Waals surface area contributed by atoms with Gasteiger partial charge in [0.2, 0.25) is 0 Å². The summed E-state index contributed by atoms with van der Waals surface area (Å²) >= 11 is 10.2. The summed E-state index contributed by atoms with van der Waals surface area (Å²) < 4.78 is 6.78. The molecule has 0 saturated carbocycles. The van der Waals surface area contributed by atoms with E-state index >= 15 is 0 Å². The van der Waals surface area contributed by atoms with Crippen LogP contribution in [0.5, 0.6) is 5.75 Å². The molecular weight excluding hydrogens is 418 g/mol. The summed E-state index contributed by atoms with van der Waals surface area (Å²) in [4.78, 5) is 15.0. The number of methoxy groups -OCH3 is 1. The van der Waals surface area contributed by atoms with Gasteiger partial charge in [-0.05, 0) is 47.9 Å². The van der Waals surface area contributed by atoms with Crippen LogP contribution in [0.2, 0.25) is 0 Å². The standard InChI is InChI=1S/C19H16BrNO2S2/c1-23-16-8-4-13(5-9-16)10-11-21-18(22)17(25-19(21)24)12-14-2-6-15(20)7-3-14/h2-9,12H,10-11H2,1H3/b17-12-. The number of amides is 1. The lowest BCUT2D eigenvalue weighted by atomic mass is 10.1. The predicted molar refractivity (Wildman–Crippen MR) is 111 cm³/mol. The largest absolute Gasteiger partial charge is 0.497 e. The van der Waals surface area contributed by atoms with Gasteiger partial charge in [-0.3, -0.25) is 9.69 Å². The molecule has 0 aliphatic carbocycles. The molecule has 1 saturated heterocycles. The van der Waals surface area contributed by atoms with E-state index in [2.05, 4.69) is 15.9 Å². The second kappa shape index (κ2) is 8.17. The highest BCUT2D eigenvalue weighted by molar-refractivity contribution is 9.10. The highest BCUT2D eigenvalue weighted by Crippen LogP contribution is 2.32. The molecule has 2 aromatic carbocycles. The number of carbonyl (C=O) groups is 1. The minimum atomic E-state index is -0.0218. The van der Waals surface area contributed by atoms with Crippen LogP contribution in [0.15, 0.2) is 57.9 Å². The fraction of sp³-hybridized carbons (Fsp3) is 0.158. The maximum absolute atomic E-state index is 12.6. The number of thiocarbonyl (C=S) groups is 1. The van der Waals surface area contributed by atoms with Crippen molar-refractivity contribution in [2.75, 3.05) is 13.7 Å². The lowest BCUT2D eigenvalue weighted by Gasteiger charge is -2.14. The minimum absolute atomic E-state index is 0.0218. The third-order valence-electron chi connectivity index (χ3n) is 3.82. The van der Waals surface area contributed by atoms with E-state index in [0.717, 1.165) is 27.8 Å². The van der Waals surface area contributed by atoms with Gasteiger partial charge in [0.25, 0.3) is 5.91 Å². The Balaban J connectivity index is 1.67. The first-order valence-corrected chi connectivity index (χ1v) is 9.72. The molecule has 0 aromatic heterocycles. The molecule has 1 amide bonds. The van der Waals surface area contributed by atoms with Crippen molar-refractivity contribution >= 4 is 56.2 Å². The molecular formula is C19H16BrNO2S2. The number of carbonyl (C=O) groups excluding carboxylic acids is 1. The van der Waals surface area contributed by atoms with Crippen LogP contribution in [0.25, 0.3) is 6.08 Å². The molecule has 0 unspecified atom stereocenters. The molecule has 0 N–H and O–H groups in total. The first-order valence-electron chi connectivity index (χ1n) is 7.70. The van der Waals surface area contributed by atoms with Crippen molar-refractivity contribution in [3.63, 3.8) is 0 Å². The third kappa shape index (κ3) is 4.51. The molecule has 1 heterocycles. The average Bonchev–Trinajstić information content (AvgIpc) is 2.89. The van der Waals surface area contributed by atoms with Crippen LogP contribution in [-0.4, -0.2) is 28.8 Å². The lowest BCUT2D eigenvalue weighted by molar-refractivity contribution is -0.122. The SMILES string of the molecule is COc1ccc(CCN2C(=O)/C(=C/c3ccc(Br)cc3)SC2=S)cc1. The Kier molecular flexibility index (Phi) is 5.93. The van der Waals surface area contributed by atoms with Crippen LogP contribution in [0.1, 0.15) is 11.1 Å². The van der Waals surface area contributed by atoms with E-state index in [1.54, 1.807) is 12.0 Å². The number of benzene rings is 2. The number of hydrogen-bond acceptors (Lipinski definition) is 4. The topological polar surface area (TPSA) is 29.5 Å². The maximum Gasteiger partial charge on any atom is 0.266 e. The summed E-state index contributed by atoms with van der Waals surface area (Å²) in [6, 6.07) is 15.7. The van der Waals surface area contributed by atoms with Gasteiger partial charge in [-0.25, -0.2) is 0 Å². The monoisotopic (exact) mass is 433 g/mol. The Bertz CT molecular complexity index is 816. The number of ether oxygens (including phenoxy) is 1. The van der Waals surface area contributed by atoms with Gasteiger partial charge >= 0.3 is 0 Å². The summed E-state index contributed by atoms with van der Waals surface area (Å²) in [5, 5.41) is 0. The molecule has 6 heteroatoms. The molecule has 2 aromatic rings.